The first-order chi connectivity index (χ1) is 9.68. The van der Waals surface area contributed by atoms with Gasteiger partial charge in [0.15, 0.2) is 5.82 Å². The van der Waals surface area contributed by atoms with E-state index in [0.29, 0.717) is 6.54 Å². The first-order valence-electron chi connectivity index (χ1n) is 8.22. The van der Waals surface area contributed by atoms with Gasteiger partial charge in [-0.3, -0.25) is 0 Å². The van der Waals surface area contributed by atoms with E-state index in [1.54, 1.807) is 0 Å². The van der Waals surface area contributed by atoms with Crippen molar-refractivity contribution in [3.05, 3.63) is 11.7 Å². The second-order valence-corrected chi connectivity index (χ2v) is 7.63. The summed E-state index contributed by atoms with van der Waals surface area (Å²) in [6.07, 6.45) is 9.16. The van der Waals surface area contributed by atoms with Crippen molar-refractivity contribution < 1.29 is 4.52 Å². The first-order valence-corrected chi connectivity index (χ1v) is 8.22. The average molecular weight is 275 g/mol. The van der Waals surface area contributed by atoms with Gasteiger partial charge in [-0.15, -0.1) is 0 Å². The lowest BCUT2D eigenvalue weighted by Crippen LogP contribution is -2.49. The third-order valence-corrected chi connectivity index (χ3v) is 5.98. The molecule has 0 spiro atoms. The molecule has 0 aliphatic heterocycles. The molecular weight excluding hydrogens is 250 g/mol. The predicted molar refractivity (Wildman–Crippen MR) is 76.2 cm³/mol. The Balaban J connectivity index is 1.61. The average Bonchev–Trinajstić information content (AvgIpc) is 2.87. The summed E-state index contributed by atoms with van der Waals surface area (Å²) >= 11 is 0. The van der Waals surface area contributed by atoms with Crippen LogP contribution in [-0.4, -0.2) is 16.7 Å². The minimum Gasteiger partial charge on any atom is -0.339 e. The van der Waals surface area contributed by atoms with Crippen LogP contribution in [0.15, 0.2) is 4.52 Å². The molecule has 1 aromatic rings. The van der Waals surface area contributed by atoms with Crippen molar-refractivity contribution in [2.45, 2.75) is 63.2 Å². The maximum atomic E-state index is 5.63. The third-order valence-electron chi connectivity index (χ3n) is 5.98. The van der Waals surface area contributed by atoms with Crippen LogP contribution in [0.25, 0.3) is 0 Å². The molecule has 4 saturated carbocycles. The molecule has 0 saturated heterocycles. The molecule has 4 bridgehead atoms. The van der Waals surface area contributed by atoms with Gasteiger partial charge in [0.1, 0.15) is 0 Å². The van der Waals surface area contributed by atoms with Crippen LogP contribution in [0.2, 0.25) is 0 Å². The number of aromatic nitrogens is 2. The Kier molecular flexibility index (Phi) is 2.92. The van der Waals surface area contributed by atoms with E-state index in [-0.39, 0.29) is 11.3 Å². The van der Waals surface area contributed by atoms with Crippen molar-refractivity contribution in [1.29, 1.82) is 0 Å². The molecular formula is C16H25N3O. The Hall–Kier alpha value is -0.900. The lowest BCUT2D eigenvalue weighted by atomic mass is 9.49. The maximum Gasteiger partial charge on any atom is 0.229 e. The SMILES string of the molecule is CC(CCN)c1nc(C23CC4CC(CC(C4)C2)C3)no1. The molecule has 0 aromatic carbocycles. The summed E-state index contributed by atoms with van der Waals surface area (Å²) in [4.78, 5) is 4.79. The van der Waals surface area contributed by atoms with E-state index in [9.17, 15) is 0 Å². The molecule has 1 atom stereocenters. The molecule has 0 radical (unpaired) electrons. The van der Waals surface area contributed by atoms with Crippen LogP contribution in [0.1, 0.15) is 69.5 Å². The highest BCUT2D eigenvalue weighted by Gasteiger charge is 2.53. The Morgan fingerprint density at radius 3 is 2.35 bits per heavy atom. The smallest absolute Gasteiger partial charge is 0.229 e. The van der Waals surface area contributed by atoms with Crippen LogP contribution in [0.5, 0.6) is 0 Å². The summed E-state index contributed by atoms with van der Waals surface area (Å²) in [7, 11) is 0. The molecule has 1 unspecified atom stereocenters. The van der Waals surface area contributed by atoms with Crippen LogP contribution < -0.4 is 5.73 Å². The van der Waals surface area contributed by atoms with Crippen molar-refractivity contribution >= 4 is 0 Å². The molecule has 20 heavy (non-hydrogen) atoms. The van der Waals surface area contributed by atoms with Gasteiger partial charge in [-0.1, -0.05) is 12.1 Å². The fourth-order valence-corrected chi connectivity index (χ4v) is 5.41. The fraction of sp³-hybridized carbons (Fsp3) is 0.875. The second kappa shape index (κ2) is 4.55. The van der Waals surface area contributed by atoms with Gasteiger partial charge in [-0.2, -0.15) is 4.98 Å². The molecule has 0 amide bonds. The molecule has 1 heterocycles. The number of hydrogen-bond donors (Lipinski definition) is 1. The van der Waals surface area contributed by atoms with Gasteiger partial charge in [0.25, 0.3) is 0 Å². The summed E-state index contributed by atoms with van der Waals surface area (Å²) in [6, 6.07) is 0. The highest BCUT2D eigenvalue weighted by Crippen LogP contribution is 2.60. The summed E-state index contributed by atoms with van der Waals surface area (Å²) < 4.78 is 5.55. The second-order valence-electron chi connectivity index (χ2n) is 7.63. The zero-order chi connectivity index (χ0) is 13.7. The van der Waals surface area contributed by atoms with Crippen LogP contribution in [0, 0.1) is 17.8 Å². The summed E-state index contributed by atoms with van der Waals surface area (Å²) in [6.45, 7) is 2.81. The zero-order valence-electron chi connectivity index (χ0n) is 12.3. The van der Waals surface area contributed by atoms with E-state index in [4.69, 9.17) is 15.2 Å². The molecule has 4 fully saturated rings. The number of rotatable bonds is 4. The van der Waals surface area contributed by atoms with Gasteiger partial charge in [0.2, 0.25) is 5.89 Å². The van der Waals surface area contributed by atoms with Crippen LogP contribution >= 0.6 is 0 Å². The standard InChI is InChI=1S/C16H25N3O/c1-10(2-3-17)14-18-15(19-20-14)16-7-11-4-12(8-16)6-13(5-11)9-16/h10-13H,2-9,17H2,1H3. The molecule has 2 N–H and O–H groups in total. The van der Waals surface area contributed by atoms with Crippen LogP contribution in [-0.2, 0) is 5.41 Å². The molecule has 1 aromatic heterocycles. The van der Waals surface area contributed by atoms with Crippen molar-refractivity contribution in [3.8, 4) is 0 Å². The van der Waals surface area contributed by atoms with Gasteiger partial charge in [0.05, 0.1) is 0 Å². The van der Waals surface area contributed by atoms with E-state index in [1.807, 2.05) is 0 Å². The molecule has 110 valence electrons. The van der Waals surface area contributed by atoms with E-state index >= 15 is 0 Å². The Morgan fingerprint density at radius 1 is 1.20 bits per heavy atom. The topological polar surface area (TPSA) is 64.9 Å². The quantitative estimate of drug-likeness (QED) is 0.917. The van der Waals surface area contributed by atoms with Crippen LogP contribution in [0.4, 0.5) is 0 Å². The Bertz CT molecular complexity index is 460. The molecule has 4 aliphatic rings. The molecule has 4 nitrogen and oxygen atoms in total. The van der Waals surface area contributed by atoms with E-state index in [0.717, 1.165) is 35.9 Å². The predicted octanol–water partition coefficient (Wildman–Crippen LogP) is 2.99. The van der Waals surface area contributed by atoms with E-state index < -0.39 is 0 Å². The van der Waals surface area contributed by atoms with Gasteiger partial charge in [0, 0.05) is 11.3 Å². The van der Waals surface area contributed by atoms with Crippen molar-refractivity contribution in [3.63, 3.8) is 0 Å². The molecule has 4 heteroatoms. The lowest BCUT2D eigenvalue weighted by molar-refractivity contribution is -0.0103. The summed E-state index contributed by atoms with van der Waals surface area (Å²) in [5, 5.41) is 4.38. The normalized spacial score (nSPS) is 40.2. The fourth-order valence-electron chi connectivity index (χ4n) is 5.41. The maximum absolute atomic E-state index is 5.63. The van der Waals surface area contributed by atoms with E-state index in [2.05, 4.69) is 12.1 Å². The van der Waals surface area contributed by atoms with E-state index in [1.165, 1.54) is 38.5 Å². The number of nitrogens with zero attached hydrogens (tertiary/aromatic N) is 2. The lowest BCUT2D eigenvalue weighted by Gasteiger charge is -2.55. The summed E-state index contributed by atoms with van der Waals surface area (Å²) in [5.41, 5.74) is 5.88. The van der Waals surface area contributed by atoms with Crippen molar-refractivity contribution in [2.75, 3.05) is 6.54 Å². The van der Waals surface area contributed by atoms with Crippen molar-refractivity contribution in [2.24, 2.45) is 23.5 Å². The van der Waals surface area contributed by atoms with Crippen molar-refractivity contribution in [1.82, 2.24) is 10.1 Å². The highest BCUT2D eigenvalue weighted by molar-refractivity contribution is 5.16. The van der Waals surface area contributed by atoms with Gasteiger partial charge in [-0.25, -0.2) is 0 Å². The van der Waals surface area contributed by atoms with Gasteiger partial charge >= 0.3 is 0 Å². The van der Waals surface area contributed by atoms with Gasteiger partial charge < -0.3 is 10.3 Å². The van der Waals surface area contributed by atoms with Gasteiger partial charge in [-0.05, 0) is 69.2 Å². The molecule has 4 aliphatic carbocycles. The molecule has 5 rings (SSSR count). The number of hydrogen-bond acceptors (Lipinski definition) is 4. The Morgan fingerprint density at radius 2 is 1.80 bits per heavy atom. The van der Waals surface area contributed by atoms with Crippen LogP contribution in [0.3, 0.4) is 0 Å². The monoisotopic (exact) mass is 275 g/mol. The minimum absolute atomic E-state index is 0.249. The third kappa shape index (κ3) is 1.92. The largest absolute Gasteiger partial charge is 0.339 e. The minimum atomic E-state index is 0.249. The first kappa shape index (κ1) is 12.8. The zero-order valence-corrected chi connectivity index (χ0v) is 12.3. The number of nitrogens with two attached hydrogens (primary N) is 1. The Labute approximate surface area is 120 Å². The summed E-state index contributed by atoms with van der Waals surface area (Å²) in [5.74, 6) is 4.85. The highest BCUT2D eigenvalue weighted by atomic mass is 16.5.